The summed E-state index contributed by atoms with van der Waals surface area (Å²) in [5.41, 5.74) is 3.16. The van der Waals surface area contributed by atoms with Gasteiger partial charge in [0.15, 0.2) is 11.6 Å². The first-order valence-corrected chi connectivity index (χ1v) is 7.44. The summed E-state index contributed by atoms with van der Waals surface area (Å²) >= 11 is 5.96. The summed E-state index contributed by atoms with van der Waals surface area (Å²) in [4.78, 5) is 16.5. The number of fused-ring (bicyclic) bond motifs is 1. The summed E-state index contributed by atoms with van der Waals surface area (Å²) in [6.07, 6.45) is 5.32. The average Bonchev–Trinajstić information content (AvgIpc) is 2.97. The van der Waals surface area contributed by atoms with Gasteiger partial charge >= 0.3 is 0 Å². The predicted molar refractivity (Wildman–Crippen MR) is 87.7 cm³/mol. The number of carbonyl (C=O) groups is 1. The number of aromatic nitrogens is 2. The van der Waals surface area contributed by atoms with Crippen LogP contribution in [-0.2, 0) is 0 Å². The van der Waals surface area contributed by atoms with Gasteiger partial charge in [0, 0.05) is 23.0 Å². The van der Waals surface area contributed by atoms with Crippen molar-refractivity contribution in [1.29, 1.82) is 0 Å². The van der Waals surface area contributed by atoms with Gasteiger partial charge in [-0.15, -0.1) is 5.11 Å². The van der Waals surface area contributed by atoms with Crippen LogP contribution in [0.4, 0.5) is 5.82 Å². The number of hydrogen-bond acceptors (Lipinski definition) is 4. The zero-order chi connectivity index (χ0) is 15.8. The second kappa shape index (κ2) is 5.44. The van der Waals surface area contributed by atoms with E-state index in [2.05, 4.69) is 15.2 Å². The van der Waals surface area contributed by atoms with Gasteiger partial charge in [0.05, 0.1) is 17.4 Å². The number of benzene rings is 1. The first-order chi connectivity index (χ1) is 11.2. The molecule has 3 aromatic rings. The van der Waals surface area contributed by atoms with E-state index < -0.39 is 0 Å². The maximum Gasteiger partial charge on any atom is 0.190 e. The molecule has 0 unspecified atom stereocenters. The van der Waals surface area contributed by atoms with Crippen molar-refractivity contribution in [1.82, 2.24) is 9.55 Å². The zero-order valence-electron chi connectivity index (χ0n) is 12.0. The largest absolute Gasteiger partial charge is 0.298 e. The van der Waals surface area contributed by atoms with Crippen molar-refractivity contribution in [2.45, 2.75) is 0 Å². The van der Waals surface area contributed by atoms with Crippen LogP contribution in [0.5, 0.6) is 0 Å². The normalized spacial score (nSPS) is 13.2. The van der Waals surface area contributed by atoms with E-state index in [0.717, 1.165) is 16.8 Å². The lowest BCUT2D eigenvalue weighted by molar-refractivity contribution is 0.0998. The van der Waals surface area contributed by atoms with Crippen molar-refractivity contribution in [3.63, 3.8) is 0 Å². The van der Waals surface area contributed by atoms with E-state index in [0.29, 0.717) is 16.4 Å². The van der Waals surface area contributed by atoms with Crippen LogP contribution in [0.2, 0.25) is 5.02 Å². The molecule has 0 aliphatic carbocycles. The molecular formula is C17H11ClN4O. The Kier molecular flexibility index (Phi) is 3.28. The molecular weight excluding hydrogens is 312 g/mol. The van der Waals surface area contributed by atoms with Gasteiger partial charge in [-0.2, -0.15) is 5.11 Å². The molecule has 0 fully saturated rings. The fourth-order valence-corrected chi connectivity index (χ4v) is 2.78. The van der Waals surface area contributed by atoms with E-state index >= 15 is 0 Å². The quantitative estimate of drug-likeness (QED) is 0.698. The van der Waals surface area contributed by atoms with Crippen molar-refractivity contribution < 1.29 is 4.79 Å². The highest BCUT2D eigenvalue weighted by molar-refractivity contribution is 6.30. The van der Waals surface area contributed by atoms with Crippen LogP contribution in [0, 0.1) is 0 Å². The Labute approximate surface area is 137 Å². The fraction of sp³-hybridized carbons (Fsp3) is 0.0588. The number of nitrogens with zero attached hydrogens (tertiary/aromatic N) is 4. The summed E-state index contributed by atoms with van der Waals surface area (Å²) in [5, 5.41) is 8.77. The first kappa shape index (κ1) is 13.8. The van der Waals surface area contributed by atoms with Crippen LogP contribution in [0.25, 0.3) is 16.8 Å². The molecule has 0 radical (unpaired) electrons. The zero-order valence-corrected chi connectivity index (χ0v) is 12.7. The number of carbonyl (C=O) groups excluding carboxylic acids is 1. The molecule has 0 bridgehead atoms. The number of ketones is 1. The Hall–Kier alpha value is -2.79. The molecule has 112 valence electrons. The second-order valence-corrected chi connectivity index (χ2v) is 5.59. The molecule has 23 heavy (non-hydrogen) atoms. The van der Waals surface area contributed by atoms with Crippen molar-refractivity contribution in [3.8, 4) is 16.8 Å². The van der Waals surface area contributed by atoms with E-state index in [1.54, 1.807) is 24.5 Å². The third-order valence-corrected chi connectivity index (χ3v) is 3.97. The van der Waals surface area contributed by atoms with Gasteiger partial charge < -0.3 is 0 Å². The summed E-state index contributed by atoms with van der Waals surface area (Å²) < 4.78 is 1.84. The standard InChI is InChI=1S/C17H11ClN4O/c18-12-5-3-11(4-6-12)14-10-22(13-2-1-7-19-8-13)17-16(14)15(23)9-20-21-17/h1-8,10H,9H2. The van der Waals surface area contributed by atoms with Crippen molar-refractivity contribution in [3.05, 3.63) is 65.6 Å². The minimum absolute atomic E-state index is 0.0393. The molecule has 6 heteroatoms. The van der Waals surface area contributed by atoms with Crippen LogP contribution in [-0.4, -0.2) is 21.9 Å². The lowest BCUT2D eigenvalue weighted by Gasteiger charge is -2.08. The summed E-state index contributed by atoms with van der Waals surface area (Å²) in [6.45, 7) is 0.0741. The lowest BCUT2D eigenvalue weighted by Crippen LogP contribution is -2.07. The van der Waals surface area contributed by atoms with Crippen LogP contribution in [0.15, 0.2) is 65.2 Å². The topological polar surface area (TPSA) is 59.6 Å². The fourth-order valence-electron chi connectivity index (χ4n) is 2.66. The van der Waals surface area contributed by atoms with E-state index in [4.69, 9.17) is 11.6 Å². The molecule has 1 aliphatic rings. The maximum absolute atomic E-state index is 12.4. The molecule has 4 rings (SSSR count). The highest BCUT2D eigenvalue weighted by Gasteiger charge is 2.26. The molecule has 0 saturated carbocycles. The number of Topliss-reactive ketones (excluding diaryl/α,β-unsaturated/α-hetero) is 1. The van der Waals surface area contributed by atoms with Crippen LogP contribution >= 0.6 is 11.6 Å². The third-order valence-electron chi connectivity index (χ3n) is 3.72. The highest BCUT2D eigenvalue weighted by Crippen LogP contribution is 2.38. The molecule has 2 aromatic heterocycles. The van der Waals surface area contributed by atoms with Crippen molar-refractivity contribution >= 4 is 23.2 Å². The lowest BCUT2D eigenvalue weighted by atomic mass is 10.0. The maximum atomic E-state index is 12.4. The molecule has 3 heterocycles. The minimum Gasteiger partial charge on any atom is -0.298 e. The van der Waals surface area contributed by atoms with Gasteiger partial charge in [0.2, 0.25) is 0 Å². The average molecular weight is 323 g/mol. The Morgan fingerprint density at radius 2 is 1.96 bits per heavy atom. The van der Waals surface area contributed by atoms with Gasteiger partial charge in [0.1, 0.15) is 6.54 Å². The number of hydrogen-bond donors (Lipinski definition) is 0. The van der Waals surface area contributed by atoms with Crippen molar-refractivity contribution in [2.75, 3.05) is 6.54 Å². The Morgan fingerprint density at radius 1 is 1.13 bits per heavy atom. The minimum atomic E-state index is -0.0393. The van der Waals surface area contributed by atoms with E-state index in [-0.39, 0.29) is 12.3 Å². The number of rotatable bonds is 2. The summed E-state index contributed by atoms with van der Waals surface area (Å²) in [6, 6.07) is 11.1. The van der Waals surface area contributed by atoms with Gasteiger partial charge in [-0.05, 0) is 29.8 Å². The van der Waals surface area contributed by atoms with E-state index in [9.17, 15) is 4.79 Å². The first-order valence-electron chi connectivity index (χ1n) is 7.06. The molecule has 0 amide bonds. The van der Waals surface area contributed by atoms with Crippen LogP contribution in [0.1, 0.15) is 10.4 Å². The van der Waals surface area contributed by atoms with Crippen molar-refractivity contribution in [2.24, 2.45) is 10.2 Å². The molecule has 1 aromatic carbocycles. The van der Waals surface area contributed by atoms with Crippen LogP contribution < -0.4 is 0 Å². The molecule has 0 atom stereocenters. The smallest absolute Gasteiger partial charge is 0.190 e. The Balaban J connectivity index is 1.97. The summed E-state index contributed by atoms with van der Waals surface area (Å²) in [5.74, 6) is 0.502. The monoisotopic (exact) mass is 322 g/mol. The number of halogens is 1. The van der Waals surface area contributed by atoms with E-state index in [1.165, 1.54) is 0 Å². The molecule has 0 saturated heterocycles. The number of pyridine rings is 1. The van der Waals surface area contributed by atoms with Gasteiger partial charge in [-0.3, -0.25) is 14.3 Å². The Bertz CT molecular complexity index is 914. The molecule has 1 aliphatic heterocycles. The molecule has 0 spiro atoms. The van der Waals surface area contributed by atoms with E-state index in [1.807, 2.05) is 35.0 Å². The number of azo groups is 1. The van der Waals surface area contributed by atoms with Crippen LogP contribution in [0.3, 0.4) is 0 Å². The Morgan fingerprint density at radius 3 is 2.70 bits per heavy atom. The molecule has 0 N–H and O–H groups in total. The molecule has 5 nitrogen and oxygen atoms in total. The van der Waals surface area contributed by atoms with Gasteiger partial charge in [-0.25, -0.2) is 0 Å². The summed E-state index contributed by atoms with van der Waals surface area (Å²) in [7, 11) is 0. The predicted octanol–water partition coefficient (Wildman–Crippen LogP) is 4.47. The third kappa shape index (κ3) is 2.35. The second-order valence-electron chi connectivity index (χ2n) is 5.15. The highest BCUT2D eigenvalue weighted by atomic mass is 35.5. The van der Waals surface area contributed by atoms with Gasteiger partial charge in [0.25, 0.3) is 0 Å². The van der Waals surface area contributed by atoms with Gasteiger partial charge in [-0.1, -0.05) is 23.7 Å². The SMILES string of the molecule is O=C1CN=Nc2c1c(-c1ccc(Cl)cc1)cn2-c1cccnc1.